The first kappa shape index (κ1) is 19.0. The Bertz CT molecular complexity index is 514. The molecule has 0 saturated heterocycles. The lowest BCUT2D eigenvalue weighted by Gasteiger charge is -2.27. The van der Waals surface area contributed by atoms with Crippen LogP contribution in [0.4, 0.5) is 10.5 Å². The van der Waals surface area contributed by atoms with Crippen LogP contribution in [-0.2, 0) is 4.74 Å². The fourth-order valence-corrected chi connectivity index (χ4v) is 2.28. The third-order valence-corrected chi connectivity index (χ3v) is 3.35. The molecular formula is C17H27N3O3. The number of urea groups is 1. The maximum Gasteiger partial charge on any atom is 0.319 e. The van der Waals surface area contributed by atoms with Gasteiger partial charge < -0.3 is 20.3 Å². The summed E-state index contributed by atoms with van der Waals surface area (Å²) in [4.78, 5) is 25.9. The van der Waals surface area contributed by atoms with Crippen LogP contribution in [-0.4, -0.2) is 49.2 Å². The van der Waals surface area contributed by atoms with Crippen LogP contribution < -0.4 is 10.6 Å². The summed E-state index contributed by atoms with van der Waals surface area (Å²) < 4.78 is 5.12. The minimum Gasteiger partial charge on any atom is -0.383 e. The molecule has 0 heterocycles. The second kappa shape index (κ2) is 9.15. The summed E-state index contributed by atoms with van der Waals surface area (Å²) in [6.07, 6.45) is 0. The molecule has 0 aliphatic heterocycles. The number of anilines is 1. The molecule has 1 rings (SSSR count). The van der Waals surface area contributed by atoms with Gasteiger partial charge in [0.1, 0.15) is 0 Å². The molecule has 6 nitrogen and oxygen atoms in total. The molecule has 0 aliphatic rings. The average Bonchev–Trinajstić information content (AvgIpc) is 2.48. The van der Waals surface area contributed by atoms with E-state index in [2.05, 4.69) is 10.6 Å². The Morgan fingerprint density at radius 1 is 1.17 bits per heavy atom. The van der Waals surface area contributed by atoms with Crippen molar-refractivity contribution < 1.29 is 14.3 Å². The summed E-state index contributed by atoms with van der Waals surface area (Å²) in [5, 5.41) is 5.48. The monoisotopic (exact) mass is 321 g/mol. The molecule has 0 spiro atoms. The van der Waals surface area contributed by atoms with E-state index in [9.17, 15) is 9.59 Å². The van der Waals surface area contributed by atoms with Gasteiger partial charge in [-0.1, -0.05) is 0 Å². The highest BCUT2D eigenvalue weighted by molar-refractivity contribution is 5.95. The van der Waals surface area contributed by atoms with E-state index in [1.807, 2.05) is 27.7 Å². The van der Waals surface area contributed by atoms with Crippen molar-refractivity contribution in [3.8, 4) is 0 Å². The third-order valence-electron chi connectivity index (χ3n) is 3.35. The van der Waals surface area contributed by atoms with Gasteiger partial charge in [-0.05, 0) is 52.0 Å². The van der Waals surface area contributed by atoms with E-state index < -0.39 is 0 Å². The molecule has 0 aromatic heterocycles. The van der Waals surface area contributed by atoms with Crippen LogP contribution in [0, 0.1) is 0 Å². The Kier molecular flexibility index (Phi) is 7.54. The normalized spacial score (nSPS) is 11.9. The average molecular weight is 321 g/mol. The van der Waals surface area contributed by atoms with E-state index in [0.717, 1.165) is 0 Å². The van der Waals surface area contributed by atoms with E-state index in [4.69, 9.17) is 4.74 Å². The van der Waals surface area contributed by atoms with Crippen molar-refractivity contribution in [3.05, 3.63) is 29.8 Å². The fraction of sp³-hybridized carbons (Fsp3) is 0.529. The summed E-state index contributed by atoms with van der Waals surface area (Å²) in [7, 11) is 1.62. The van der Waals surface area contributed by atoms with Gasteiger partial charge in [-0.2, -0.15) is 0 Å². The highest BCUT2D eigenvalue weighted by atomic mass is 16.5. The molecule has 1 atom stereocenters. The Hall–Kier alpha value is -2.08. The molecular weight excluding hydrogens is 294 g/mol. The minimum atomic E-state index is -0.261. The van der Waals surface area contributed by atoms with Crippen LogP contribution in [0.15, 0.2) is 24.3 Å². The van der Waals surface area contributed by atoms with Gasteiger partial charge in [0.05, 0.1) is 12.6 Å². The zero-order chi connectivity index (χ0) is 17.4. The number of nitrogens with one attached hydrogen (secondary N) is 2. The number of amides is 3. The Labute approximate surface area is 138 Å². The molecule has 6 heteroatoms. The van der Waals surface area contributed by atoms with Crippen LogP contribution in [0.1, 0.15) is 38.1 Å². The standard InChI is InChI=1S/C17H27N3O3/c1-6-20(13(4)11-23-5)16(21)14-7-9-15(10-8-14)19-17(22)18-12(2)3/h7-10,12-13H,6,11H2,1-5H3,(H2,18,19,22). The second-order valence-corrected chi connectivity index (χ2v) is 5.73. The third kappa shape index (κ3) is 5.90. The second-order valence-electron chi connectivity index (χ2n) is 5.73. The smallest absolute Gasteiger partial charge is 0.319 e. The Morgan fingerprint density at radius 3 is 2.26 bits per heavy atom. The van der Waals surface area contributed by atoms with Gasteiger partial charge in [-0.15, -0.1) is 0 Å². The van der Waals surface area contributed by atoms with Gasteiger partial charge in [0.25, 0.3) is 5.91 Å². The zero-order valence-electron chi connectivity index (χ0n) is 14.6. The molecule has 0 fully saturated rings. The summed E-state index contributed by atoms with van der Waals surface area (Å²) >= 11 is 0. The van der Waals surface area contributed by atoms with Crippen LogP contribution >= 0.6 is 0 Å². The van der Waals surface area contributed by atoms with Crippen molar-refractivity contribution >= 4 is 17.6 Å². The topological polar surface area (TPSA) is 70.7 Å². The van der Waals surface area contributed by atoms with E-state index in [0.29, 0.717) is 24.4 Å². The maximum absolute atomic E-state index is 12.5. The van der Waals surface area contributed by atoms with Gasteiger partial charge in [0.2, 0.25) is 0 Å². The molecule has 23 heavy (non-hydrogen) atoms. The van der Waals surface area contributed by atoms with E-state index in [1.54, 1.807) is 36.3 Å². The lowest BCUT2D eigenvalue weighted by Crippen LogP contribution is -2.40. The number of methoxy groups -OCH3 is 1. The number of carbonyl (C=O) groups is 2. The largest absolute Gasteiger partial charge is 0.383 e. The van der Waals surface area contributed by atoms with Crippen LogP contribution in [0.5, 0.6) is 0 Å². The number of carbonyl (C=O) groups excluding carboxylic acids is 2. The summed E-state index contributed by atoms with van der Waals surface area (Å²) in [6, 6.07) is 6.70. The number of likely N-dealkylation sites (N-methyl/N-ethyl adjacent to an activating group) is 1. The minimum absolute atomic E-state index is 0.00659. The lowest BCUT2D eigenvalue weighted by atomic mass is 10.1. The van der Waals surface area contributed by atoms with Gasteiger partial charge in [0, 0.05) is 30.9 Å². The lowest BCUT2D eigenvalue weighted by molar-refractivity contribution is 0.0579. The van der Waals surface area contributed by atoms with Crippen LogP contribution in [0.25, 0.3) is 0 Å². The molecule has 0 aliphatic carbocycles. The van der Waals surface area contributed by atoms with E-state index in [-0.39, 0.29) is 24.0 Å². The quantitative estimate of drug-likeness (QED) is 0.811. The first-order valence-electron chi connectivity index (χ1n) is 7.86. The van der Waals surface area contributed by atoms with Crippen molar-refractivity contribution in [3.63, 3.8) is 0 Å². The number of hydrogen-bond donors (Lipinski definition) is 2. The van der Waals surface area contributed by atoms with Gasteiger partial charge in [-0.3, -0.25) is 4.79 Å². The van der Waals surface area contributed by atoms with E-state index in [1.165, 1.54) is 0 Å². The Balaban J connectivity index is 2.74. The van der Waals surface area contributed by atoms with Crippen molar-refractivity contribution in [1.82, 2.24) is 10.2 Å². The summed E-state index contributed by atoms with van der Waals surface area (Å²) in [5.41, 5.74) is 1.23. The molecule has 3 amide bonds. The van der Waals surface area contributed by atoms with Crippen LogP contribution in [0.2, 0.25) is 0 Å². The maximum atomic E-state index is 12.5. The number of ether oxygens (including phenoxy) is 1. The molecule has 128 valence electrons. The van der Waals surface area contributed by atoms with Crippen molar-refractivity contribution in [2.45, 2.75) is 39.8 Å². The molecule has 0 bridgehead atoms. The molecule has 1 unspecified atom stereocenters. The highest BCUT2D eigenvalue weighted by Gasteiger charge is 2.19. The van der Waals surface area contributed by atoms with Gasteiger partial charge in [-0.25, -0.2) is 4.79 Å². The van der Waals surface area contributed by atoms with Gasteiger partial charge in [0.15, 0.2) is 0 Å². The van der Waals surface area contributed by atoms with Crippen LogP contribution in [0.3, 0.4) is 0 Å². The van der Waals surface area contributed by atoms with Crippen molar-refractivity contribution in [1.29, 1.82) is 0 Å². The summed E-state index contributed by atoms with van der Waals surface area (Å²) in [6.45, 7) is 8.78. The molecule has 0 radical (unpaired) electrons. The molecule has 0 saturated carbocycles. The highest BCUT2D eigenvalue weighted by Crippen LogP contribution is 2.13. The predicted molar refractivity (Wildman–Crippen MR) is 91.8 cm³/mol. The Morgan fingerprint density at radius 2 is 1.78 bits per heavy atom. The fourth-order valence-electron chi connectivity index (χ4n) is 2.28. The number of hydrogen-bond acceptors (Lipinski definition) is 3. The van der Waals surface area contributed by atoms with Gasteiger partial charge >= 0.3 is 6.03 Å². The van der Waals surface area contributed by atoms with Crippen molar-refractivity contribution in [2.24, 2.45) is 0 Å². The number of nitrogens with zero attached hydrogens (tertiary/aromatic N) is 1. The van der Waals surface area contributed by atoms with E-state index >= 15 is 0 Å². The first-order chi connectivity index (χ1) is 10.9. The first-order valence-corrected chi connectivity index (χ1v) is 7.86. The zero-order valence-corrected chi connectivity index (χ0v) is 14.6. The van der Waals surface area contributed by atoms with Crippen molar-refractivity contribution in [2.75, 3.05) is 25.6 Å². The molecule has 1 aromatic carbocycles. The summed E-state index contributed by atoms with van der Waals surface area (Å²) in [5.74, 6) is -0.0461. The SMILES string of the molecule is CCN(C(=O)c1ccc(NC(=O)NC(C)C)cc1)C(C)COC. The number of rotatable bonds is 7. The predicted octanol–water partition coefficient (Wildman–Crippen LogP) is 2.71. The number of benzene rings is 1. The molecule has 2 N–H and O–H groups in total. The molecule has 1 aromatic rings.